The quantitative estimate of drug-likeness (QED) is 0.119. The van der Waals surface area contributed by atoms with E-state index >= 15 is 0 Å². The fourth-order valence-electron chi connectivity index (χ4n) is 8.58. The van der Waals surface area contributed by atoms with Crippen molar-refractivity contribution < 1.29 is 9.47 Å². The topological polar surface area (TPSA) is 111 Å². The van der Waals surface area contributed by atoms with Gasteiger partial charge in [0.05, 0.1) is 59.8 Å². The van der Waals surface area contributed by atoms with Crippen LogP contribution in [0.25, 0.3) is 90.1 Å². The van der Waals surface area contributed by atoms with E-state index in [4.69, 9.17) is 19.7 Å². The van der Waals surface area contributed by atoms with Crippen LogP contribution in [0.1, 0.15) is 37.5 Å². The van der Waals surface area contributed by atoms with Crippen LogP contribution in [0, 0.1) is 13.8 Å². The second kappa shape index (κ2) is 20.1. The molecule has 4 aromatic heterocycles. The second-order valence-corrected chi connectivity index (χ2v) is 16.7. The number of rotatable bonds is 13. The first-order chi connectivity index (χ1) is 33.2. The van der Waals surface area contributed by atoms with Gasteiger partial charge in [0.2, 0.25) is 0 Å². The molecule has 4 heterocycles. The molecule has 0 atom stereocenters. The van der Waals surface area contributed by atoms with E-state index in [1.165, 1.54) is 27.8 Å². The average Bonchev–Trinajstić information content (AvgIpc) is 4.24. The molecule has 0 aliphatic heterocycles. The summed E-state index contributed by atoms with van der Waals surface area (Å²) in [5.74, 6) is 1.67. The molecule has 0 saturated carbocycles. The van der Waals surface area contributed by atoms with Crippen molar-refractivity contribution in [1.82, 2.24) is 40.0 Å². The number of hydrogen-bond donors (Lipinski definition) is 2. The molecule has 0 aliphatic carbocycles. The maximum atomic E-state index is 5.30. The fourth-order valence-corrected chi connectivity index (χ4v) is 8.58. The minimum atomic E-state index is 0.782. The SMILES string of the molecule is CCc1cc(-c2cc(-c3ccccc3C)[nH]n2)cc(-c2cc(-c3ccccc3C)[nH]n2)c1.CCn1nc(-c2ccc(OC)cc2)cc1-c1cccc(-c2cc(-c3ccc(OC)cc3)nn2CC)c1. The Kier molecular flexibility index (Phi) is 13.3. The van der Waals surface area contributed by atoms with Crippen LogP contribution in [0.5, 0.6) is 11.5 Å². The van der Waals surface area contributed by atoms with E-state index < -0.39 is 0 Å². The molecule has 340 valence electrons. The van der Waals surface area contributed by atoms with Crippen LogP contribution >= 0.6 is 0 Å². The summed E-state index contributed by atoms with van der Waals surface area (Å²) in [5.41, 5.74) is 20.6. The van der Waals surface area contributed by atoms with Gasteiger partial charge in [0.25, 0.3) is 0 Å². The molecule has 0 fully saturated rings. The van der Waals surface area contributed by atoms with Crippen LogP contribution in [0.15, 0.2) is 164 Å². The highest BCUT2D eigenvalue weighted by atomic mass is 16.5. The van der Waals surface area contributed by atoms with Crippen molar-refractivity contribution >= 4 is 0 Å². The summed E-state index contributed by atoms with van der Waals surface area (Å²) in [7, 11) is 3.35. The molecule has 0 aliphatic rings. The van der Waals surface area contributed by atoms with Crippen LogP contribution in [0.3, 0.4) is 0 Å². The minimum Gasteiger partial charge on any atom is -0.497 e. The van der Waals surface area contributed by atoms with E-state index in [9.17, 15) is 0 Å². The van der Waals surface area contributed by atoms with Gasteiger partial charge >= 0.3 is 0 Å². The Morgan fingerprint density at radius 1 is 0.426 bits per heavy atom. The van der Waals surface area contributed by atoms with E-state index in [-0.39, 0.29) is 0 Å². The van der Waals surface area contributed by atoms with Crippen LogP contribution in [0.4, 0.5) is 0 Å². The van der Waals surface area contributed by atoms with Crippen molar-refractivity contribution in [1.29, 1.82) is 0 Å². The predicted molar refractivity (Wildman–Crippen MR) is 276 cm³/mol. The molecular weight excluding hydrogens is 841 g/mol. The van der Waals surface area contributed by atoms with Crippen LogP contribution < -0.4 is 9.47 Å². The van der Waals surface area contributed by atoms with Crippen molar-refractivity contribution in [3.63, 3.8) is 0 Å². The lowest BCUT2D eigenvalue weighted by molar-refractivity contribution is 0.415. The van der Waals surface area contributed by atoms with Gasteiger partial charge in [-0.25, -0.2) is 0 Å². The number of aryl methyl sites for hydroxylation is 5. The van der Waals surface area contributed by atoms with Crippen molar-refractivity contribution in [3.8, 4) is 102 Å². The molecule has 10 rings (SSSR count). The molecule has 0 spiro atoms. The van der Waals surface area contributed by atoms with E-state index in [0.29, 0.717) is 0 Å². The molecule has 0 bridgehead atoms. The van der Waals surface area contributed by atoms with Crippen LogP contribution in [0.2, 0.25) is 0 Å². The Hall–Kier alpha value is -8.24. The van der Waals surface area contributed by atoms with Gasteiger partial charge in [-0.15, -0.1) is 0 Å². The lowest BCUT2D eigenvalue weighted by atomic mass is 9.98. The molecule has 0 radical (unpaired) electrons. The third kappa shape index (κ3) is 9.53. The van der Waals surface area contributed by atoms with Gasteiger partial charge < -0.3 is 9.47 Å². The monoisotopic (exact) mass is 896 g/mol. The van der Waals surface area contributed by atoms with E-state index in [0.717, 1.165) is 110 Å². The lowest BCUT2D eigenvalue weighted by Gasteiger charge is -2.08. The summed E-state index contributed by atoms with van der Waals surface area (Å²) in [6.07, 6.45) is 0.949. The highest BCUT2D eigenvalue weighted by Gasteiger charge is 2.16. The van der Waals surface area contributed by atoms with Crippen molar-refractivity contribution in [2.45, 2.75) is 54.1 Å². The molecule has 10 nitrogen and oxygen atoms in total. The summed E-state index contributed by atoms with van der Waals surface area (Å²) in [4.78, 5) is 0. The molecule has 0 amide bonds. The van der Waals surface area contributed by atoms with Gasteiger partial charge in [0.15, 0.2) is 0 Å². The number of nitrogens with one attached hydrogen (secondary N) is 2. The lowest BCUT2D eigenvalue weighted by Crippen LogP contribution is -2.01. The Bertz CT molecular complexity index is 3090. The molecule has 6 aromatic carbocycles. The van der Waals surface area contributed by atoms with Gasteiger partial charge in [-0.1, -0.05) is 73.7 Å². The first kappa shape index (κ1) is 44.9. The highest BCUT2D eigenvalue weighted by Crippen LogP contribution is 2.35. The molecular formula is C58H56N8O2. The maximum Gasteiger partial charge on any atom is 0.118 e. The van der Waals surface area contributed by atoms with Gasteiger partial charge in [0, 0.05) is 57.6 Å². The fraction of sp³-hybridized carbons (Fsp3) is 0.172. The van der Waals surface area contributed by atoms with Gasteiger partial charge in [-0.2, -0.15) is 20.4 Å². The van der Waals surface area contributed by atoms with E-state index in [2.05, 4.69) is 180 Å². The number of aromatic nitrogens is 8. The van der Waals surface area contributed by atoms with Crippen molar-refractivity contribution in [2.75, 3.05) is 14.2 Å². The van der Waals surface area contributed by atoms with Crippen molar-refractivity contribution in [3.05, 3.63) is 180 Å². The summed E-state index contributed by atoms with van der Waals surface area (Å²) < 4.78 is 14.7. The summed E-state index contributed by atoms with van der Waals surface area (Å²) in [6.45, 7) is 12.2. The number of ether oxygens (including phenoxy) is 2. The first-order valence-corrected chi connectivity index (χ1v) is 23.2. The maximum absolute atomic E-state index is 5.30. The zero-order chi connectivity index (χ0) is 47.1. The summed E-state index contributed by atoms with van der Waals surface area (Å²) >= 11 is 0. The number of aromatic amines is 2. The molecule has 10 heteroatoms. The molecule has 68 heavy (non-hydrogen) atoms. The Morgan fingerprint density at radius 2 is 0.853 bits per heavy atom. The Labute approximate surface area is 398 Å². The number of hydrogen-bond acceptors (Lipinski definition) is 6. The molecule has 0 saturated heterocycles. The van der Waals surface area contributed by atoms with E-state index in [1.54, 1.807) is 14.2 Å². The van der Waals surface area contributed by atoms with Crippen LogP contribution in [-0.4, -0.2) is 54.2 Å². The number of benzene rings is 6. The smallest absolute Gasteiger partial charge is 0.118 e. The summed E-state index contributed by atoms with van der Waals surface area (Å²) in [6, 6.07) is 56.5. The predicted octanol–water partition coefficient (Wildman–Crippen LogP) is 13.8. The first-order valence-electron chi connectivity index (χ1n) is 23.2. The van der Waals surface area contributed by atoms with E-state index in [1.807, 2.05) is 48.5 Å². The number of H-pyrrole nitrogens is 2. The Morgan fingerprint density at radius 3 is 1.25 bits per heavy atom. The number of methoxy groups -OCH3 is 2. The largest absolute Gasteiger partial charge is 0.497 e. The van der Waals surface area contributed by atoms with Gasteiger partial charge in [-0.05, 0) is 148 Å². The molecule has 10 aromatic rings. The van der Waals surface area contributed by atoms with Crippen LogP contribution in [-0.2, 0) is 19.5 Å². The number of nitrogens with zero attached hydrogens (tertiary/aromatic N) is 6. The molecule has 0 unspecified atom stereocenters. The van der Waals surface area contributed by atoms with Crippen molar-refractivity contribution in [2.24, 2.45) is 0 Å². The Balaban J connectivity index is 0.000000171. The zero-order valence-corrected chi connectivity index (χ0v) is 39.7. The standard InChI is InChI=1S/C30H30N4O2.C28H26N4/c1-5-33-29(19-27(31-33)21-10-14-25(35-3)15-11-21)23-8-7-9-24(18-23)30-20-28(32-34(30)6-2)22-12-16-26(36-4)17-13-22;1-4-20-13-21(25-16-27(31-29-25)23-11-7-5-9-18(23)2)15-22(14-20)26-17-28(32-30-26)24-12-8-6-10-19(24)3/h7-20H,5-6H2,1-4H3;5-17H,4H2,1-3H3,(H,29,31)(H,30,32). The summed E-state index contributed by atoms with van der Waals surface area (Å²) in [5, 5.41) is 25.4. The third-order valence-corrected chi connectivity index (χ3v) is 12.4. The van der Waals surface area contributed by atoms with Gasteiger partial charge in [0.1, 0.15) is 11.5 Å². The zero-order valence-electron chi connectivity index (χ0n) is 39.7. The normalized spacial score (nSPS) is 11.0. The molecule has 2 N–H and O–H groups in total. The third-order valence-electron chi connectivity index (χ3n) is 12.4. The van der Waals surface area contributed by atoms with Gasteiger partial charge in [-0.3, -0.25) is 19.6 Å². The average molecular weight is 897 g/mol. The highest BCUT2D eigenvalue weighted by molar-refractivity contribution is 5.78. The second-order valence-electron chi connectivity index (χ2n) is 16.7. The minimum absolute atomic E-state index is 0.782.